The maximum Gasteiger partial charge on any atom is 0.254 e. The normalized spacial score (nSPS) is 17.7. The fourth-order valence-corrected chi connectivity index (χ4v) is 3.91. The molecule has 1 atom stereocenters. The summed E-state index contributed by atoms with van der Waals surface area (Å²) in [7, 11) is 1.97. The summed E-state index contributed by atoms with van der Waals surface area (Å²) in [6.45, 7) is 2.24. The highest BCUT2D eigenvalue weighted by atomic mass is 35.5. The fourth-order valence-electron chi connectivity index (χ4n) is 3.14. The van der Waals surface area contributed by atoms with Crippen molar-refractivity contribution in [3.63, 3.8) is 0 Å². The van der Waals surface area contributed by atoms with E-state index in [9.17, 15) is 4.79 Å². The SMILES string of the molecule is Cl.Cn1ccnc1C1CNCCN1C(=O)c1ccc2sccc2c1. The van der Waals surface area contributed by atoms with E-state index in [1.165, 1.54) is 4.70 Å². The van der Waals surface area contributed by atoms with Gasteiger partial charge in [-0.1, -0.05) is 0 Å². The average molecular weight is 363 g/mol. The molecule has 1 N–H and O–H groups in total. The van der Waals surface area contributed by atoms with Crippen LogP contribution in [0.25, 0.3) is 10.1 Å². The van der Waals surface area contributed by atoms with Gasteiger partial charge in [-0.2, -0.15) is 0 Å². The van der Waals surface area contributed by atoms with Crippen molar-refractivity contribution in [3.05, 3.63) is 53.4 Å². The van der Waals surface area contributed by atoms with E-state index in [1.807, 2.05) is 40.9 Å². The smallest absolute Gasteiger partial charge is 0.254 e. The van der Waals surface area contributed by atoms with Gasteiger partial charge in [0.25, 0.3) is 5.91 Å². The van der Waals surface area contributed by atoms with E-state index in [0.29, 0.717) is 6.54 Å². The molecule has 4 rings (SSSR count). The van der Waals surface area contributed by atoms with Crippen LogP contribution in [0.1, 0.15) is 22.2 Å². The van der Waals surface area contributed by atoms with Gasteiger partial charge in [0.1, 0.15) is 11.9 Å². The topological polar surface area (TPSA) is 50.2 Å². The summed E-state index contributed by atoms with van der Waals surface area (Å²) in [5.41, 5.74) is 0.747. The third-order valence-corrected chi connectivity index (χ3v) is 5.26. The quantitative estimate of drug-likeness (QED) is 0.762. The molecule has 5 nitrogen and oxygen atoms in total. The summed E-state index contributed by atoms with van der Waals surface area (Å²) in [4.78, 5) is 19.4. The summed E-state index contributed by atoms with van der Waals surface area (Å²) < 4.78 is 3.20. The van der Waals surface area contributed by atoms with Crippen molar-refractivity contribution in [2.24, 2.45) is 7.05 Å². The molecule has 0 spiro atoms. The summed E-state index contributed by atoms with van der Waals surface area (Å²) in [5, 5.41) is 6.55. The molecular weight excluding hydrogens is 344 g/mol. The molecule has 1 aliphatic heterocycles. The van der Waals surface area contributed by atoms with E-state index in [2.05, 4.69) is 21.7 Å². The van der Waals surface area contributed by atoms with Gasteiger partial charge in [0, 0.05) is 49.3 Å². The minimum Gasteiger partial charge on any atom is -0.336 e. The Bertz CT molecular complexity index is 859. The Hall–Kier alpha value is -1.89. The second-order valence-electron chi connectivity index (χ2n) is 5.79. The Morgan fingerprint density at radius 3 is 3.04 bits per heavy atom. The highest BCUT2D eigenvalue weighted by molar-refractivity contribution is 7.17. The number of carbonyl (C=O) groups excluding carboxylic acids is 1. The molecule has 0 aliphatic carbocycles. The Morgan fingerprint density at radius 2 is 2.25 bits per heavy atom. The summed E-state index contributed by atoms with van der Waals surface area (Å²) in [5.74, 6) is 0.995. The minimum absolute atomic E-state index is 0. The molecule has 24 heavy (non-hydrogen) atoms. The molecule has 0 radical (unpaired) electrons. The molecule has 126 valence electrons. The van der Waals surface area contributed by atoms with Crippen molar-refractivity contribution in [1.29, 1.82) is 0 Å². The fraction of sp³-hybridized carbons (Fsp3) is 0.294. The maximum absolute atomic E-state index is 13.0. The van der Waals surface area contributed by atoms with Crippen molar-refractivity contribution in [1.82, 2.24) is 19.8 Å². The third kappa shape index (κ3) is 2.92. The van der Waals surface area contributed by atoms with Crippen LogP contribution in [0.15, 0.2) is 42.0 Å². The maximum atomic E-state index is 13.0. The van der Waals surface area contributed by atoms with Crippen LogP contribution >= 0.6 is 23.7 Å². The van der Waals surface area contributed by atoms with Crippen LogP contribution in [0.2, 0.25) is 0 Å². The number of aromatic nitrogens is 2. The van der Waals surface area contributed by atoms with Crippen LogP contribution in [0, 0.1) is 0 Å². The van der Waals surface area contributed by atoms with Gasteiger partial charge in [-0.25, -0.2) is 4.98 Å². The van der Waals surface area contributed by atoms with E-state index in [-0.39, 0.29) is 24.4 Å². The van der Waals surface area contributed by atoms with E-state index < -0.39 is 0 Å². The van der Waals surface area contributed by atoms with Gasteiger partial charge >= 0.3 is 0 Å². The highest BCUT2D eigenvalue weighted by Crippen LogP contribution is 2.26. The average Bonchev–Trinajstić information content (AvgIpc) is 3.22. The number of fused-ring (bicyclic) bond motifs is 1. The molecule has 2 aromatic heterocycles. The Balaban J connectivity index is 0.00000169. The molecule has 1 unspecified atom stereocenters. The number of rotatable bonds is 2. The molecule has 7 heteroatoms. The van der Waals surface area contributed by atoms with Crippen LogP contribution in [0.3, 0.4) is 0 Å². The van der Waals surface area contributed by atoms with E-state index in [0.717, 1.165) is 29.9 Å². The van der Waals surface area contributed by atoms with Crippen LogP contribution < -0.4 is 5.32 Å². The second kappa shape index (κ2) is 6.93. The molecule has 0 bridgehead atoms. The van der Waals surface area contributed by atoms with Gasteiger partial charge in [-0.05, 0) is 35.0 Å². The van der Waals surface area contributed by atoms with Crippen molar-refractivity contribution in [2.75, 3.05) is 19.6 Å². The summed E-state index contributed by atoms with van der Waals surface area (Å²) >= 11 is 1.70. The zero-order valence-corrected chi connectivity index (χ0v) is 14.9. The Labute approximate surface area is 150 Å². The van der Waals surface area contributed by atoms with Gasteiger partial charge in [0.15, 0.2) is 0 Å². The summed E-state index contributed by atoms with van der Waals surface area (Å²) in [6, 6.07) is 7.98. The number of aryl methyl sites for hydroxylation is 1. The number of thiophene rings is 1. The lowest BCUT2D eigenvalue weighted by Crippen LogP contribution is -2.49. The predicted octanol–water partition coefficient (Wildman–Crippen LogP) is 2.84. The highest BCUT2D eigenvalue weighted by Gasteiger charge is 2.31. The molecular formula is C17H19ClN4OS. The summed E-state index contributed by atoms with van der Waals surface area (Å²) in [6.07, 6.45) is 3.70. The number of hydrogen-bond acceptors (Lipinski definition) is 4. The predicted molar refractivity (Wildman–Crippen MR) is 98.9 cm³/mol. The lowest BCUT2D eigenvalue weighted by atomic mass is 10.1. The molecule has 1 aromatic carbocycles. The van der Waals surface area contributed by atoms with Crippen LogP contribution in [-0.2, 0) is 7.05 Å². The molecule has 1 amide bonds. The van der Waals surface area contributed by atoms with Crippen molar-refractivity contribution in [2.45, 2.75) is 6.04 Å². The van der Waals surface area contributed by atoms with Crippen molar-refractivity contribution >= 4 is 39.7 Å². The number of benzene rings is 1. The third-order valence-electron chi connectivity index (χ3n) is 4.36. The zero-order chi connectivity index (χ0) is 15.8. The Kier molecular flexibility index (Phi) is 4.89. The van der Waals surface area contributed by atoms with E-state index in [1.54, 1.807) is 17.5 Å². The molecule has 3 heterocycles. The number of hydrogen-bond donors (Lipinski definition) is 1. The van der Waals surface area contributed by atoms with E-state index in [4.69, 9.17) is 0 Å². The van der Waals surface area contributed by atoms with Gasteiger partial charge < -0.3 is 14.8 Å². The zero-order valence-electron chi connectivity index (χ0n) is 13.3. The van der Waals surface area contributed by atoms with Gasteiger partial charge in [0.05, 0.1) is 0 Å². The van der Waals surface area contributed by atoms with Crippen LogP contribution in [-0.4, -0.2) is 40.0 Å². The van der Waals surface area contributed by atoms with Gasteiger partial charge in [-0.3, -0.25) is 4.79 Å². The minimum atomic E-state index is -0.0329. The molecule has 0 saturated carbocycles. The largest absolute Gasteiger partial charge is 0.336 e. The first kappa shape index (κ1) is 17.0. The number of halogens is 1. The van der Waals surface area contributed by atoms with Crippen LogP contribution in [0.5, 0.6) is 0 Å². The monoisotopic (exact) mass is 362 g/mol. The number of piperazine rings is 1. The lowest BCUT2D eigenvalue weighted by Gasteiger charge is -2.35. The Morgan fingerprint density at radius 1 is 1.38 bits per heavy atom. The molecule has 3 aromatic rings. The first-order valence-electron chi connectivity index (χ1n) is 7.70. The standard InChI is InChI=1S/C17H18N4OS.ClH/c1-20-7-6-19-16(20)14-11-18-5-8-21(14)17(22)13-2-3-15-12(10-13)4-9-23-15;/h2-4,6-7,9-10,14,18H,5,8,11H2,1H3;1H. The number of imidazole rings is 1. The second-order valence-corrected chi connectivity index (χ2v) is 6.74. The van der Waals surface area contributed by atoms with Crippen molar-refractivity contribution in [3.8, 4) is 0 Å². The van der Waals surface area contributed by atoms with Gasteiger partial charge in [-0.15, -0.1) is 23.7 Å². The van der Waals surface area contributed by atoms with Gasteiger partial charge in [0.2, 0.25) is 0 Å². The van der Waals surface area contributed by atoms with Crippen molar-refractivity contribution < 1.29 is 4.79 Å². The molecule has 1 saturated heterocycles. The first-order valence-corrected chi connectivity index (χ1v) is 8.58. The number of nitrogens with one attached hydrogen (secondary N) is 1. The lowest BCUT2D eigenvalue weighted by molar-refractivity contribution is 0.0621. The number of nitrogens with zero attached hydrogens (tertiary/aromatic N) is 3. The molecule has 1 fully saturated rings. The number of carbonyl (C=O) groups is 1. The van der Waals surface area contributed by atoms with E-state index >= 15 is 0 Å². The van der Waals surface area contributed by atoms with Crippen LogP contribution in [0.4, 0.5) is 0 Å². The first-order chi connectivity index (χ1) is 11.2. The molecule has 1 aliphatic rings. The number of amides is 1.